The zero-order chi connectivity index (χ0) is 21.2. The van der Waals surface area contributed by atoms with Gasteiger partial charge in [-0.1, -0.05) is 89.8 Å². The summed E-state index contributed by atoms with van der Waals surface area (Å²) in [4.78, 5) is 2.68. The number of fused-ring (bicyclic) bond motifs is 3. The van der Waals surface area contributed by atoms with Crippen molar-refractivity contribution in [2.75, 3.05) is 13.1 Å². The first-order chi connectivity index (χ1) is 15.0. The third kappa shape index (κ3) is 3.04. The molecule has 3 aromatic rings. The Hall–Kier alpha value is -2.25. The highest BCUT2D eigenvalue weighted by Crippen LogP contribution is 2.59. The minimum absolute atomic E-state index is 0.367. The lowest BCUT2D eigenvalue weighted by atomic mass is 10.1. The predicted octanol–water partition coefficient (Wildman–Crippen LogP) is 6.09. The lowest BCUT2D eigenvalue weighted by molar-refractivity contribution is 0.486. The molecule has 154 valence electrons. The van der Waals surface area contributed by atoms with E-state index in [9.17, 15) is 8.42 Å². The molecule has 6 heteroatoms. The second kappa shape index (κ2) is 7.14. The maximum atomic E-state index is 13.1. The molecule has 3 aliphatic rings. The first-order valence-electron chi connectivity index (χ1n) is 10.1. The zero-order valence-electron chi connectivity index (χ0n) is 16.8. The molecule has 2 aliphatic heterocycles. The predicted molar refractivity (Wildman–Crippen MR) is 130 cm³/mol. The van der Waals surface area contributed by atoms with E-state index in [1.165, 1.54) is 32.1 Å². The summed E-state index contributed by atoms with van der Waals surface area (Å²) >= 11 is 3.48. The molecule has 0 atom stereocenters. The van der Waals surface area contributed by atoms with Gasteiger partial charge in [0.2, 0.25) is 10.0 Å². The number of hydrogen-bond acceptors (Lipinski definition) is 4. The van der Waals surface area contributed by atoms with Crippen molar-refractivity contribution in [2.45, 2.75) is 11.8 Å². The van der Waals surface area contributed by atoms with Crippen LogP contribution in [0.4, 0.5) is 0 Å². The second-order valence-corrected chi connectivity index (χ2v) is 12.3. The quantitative estimate of drug-likeness (QED) is 0.362. The van der Waals surface area contributed by atoms with Crippen molar-refractivity contribution in [1.29, 1.82) is 0 Å². The van der Waals surface area contributed by atoms with Crippen LogP contribution in [0.15, 0.2) is 91.7 Å². The summed E-state index contributed by atoms with van der Waals surface area (Å²) in [5.41, 5.74) is 7.42. The molecule has 0 spiro atoms. The number of nitrogens with zero attached hydrogens (tertiary/aromatic N) is 1. The number of hydrogen-bond donors (Lipinski definition) is 0. The molecule has 0 bridgehead atoms. The van der Waals surface area contributed by atoms with Gasteiger partial charge in [0.1, 0.15) is 0 Å². The lowest BCUT2D eigenvalue weighted by Gasteiger charge is -2.18. The lowest BCUT2D eigenvalue weighted by Crippen LogP contribution is -2.29. The normalized spacial score (nSPS) is 17.8. The largest absolute Gasteiger partial charge is 0.243 e. The van der Waals surface area contributed by atoms with Crippen molar-refractivity contribution >= 4 is 39.1 Å². The molecule has 3 nitrogen and oxygen atoms in total. The molecule has 0 unspecified atom stereocenters. The molecular formula is C25H19NO2S3. The maximum Gasteiger partial charge on any atom is 0.243 e. The van der Waals surface area contributed by atoms with Crippen LogP contribution in [0, 0.1) is 6.92 Å². The van der Waals surface area contributed by atoms with Crippen LogP contribution < -0.4 is 0 Å². The Kier molecular flexibility index (Phi) is 4.47. The standard InChI is InChI=1S/C25H19NO2S3/c1-16-10-12-17(13-11-16)31(27,28)26-14-22-23(15-26)30-25(29-22)24-20-8-4-2-6-18(20)19-7-3-5-9-21(19)24/h2-13H,14-15H2,1H3. The van der Waals surface area contributed by atoms with E-state index in [1.54, 1.807) is 40.0 Å². The average molecular weight is 462 g/mol. The summed E-state index contributed by atoms with van der Waals surface area (Å²) in [5, 5.41) is 0. The Balaban J connectivity index is 1.32. The second-order valence-electron chi connectivity index (χ2n) is 7.89. The first kappa shape index (κ1) is 19.4. The van der Waals surface area contributed by atoms with Gasteiger partial charge < -0.3 is 0 Å². The van der Waals surface area contributed by atoms with Crippen molar-refractivity contribution in [3.63, 3.8) is 0 Å². The van der Waals surface area contributed by atoms with E-state index < -0.39 is 10.0 Å². The van der Waals surface area contributed by atoms with E-state index >= 15 is 0 Å². The molecule has 0 saturated carbocycles. The summed E-state index contributed by atoms with van der Waals surface area (Å²) in [5.74, 6) is 0. The van der Waals surface area contributed by atoms with Crippen LogP contribution in [-0.2, 0) is 10.0 Å². The Morgan fingerprint density at radius 2 is 1.19 bits per heavy atom. The van der Waals surface area contributed by atoms with E-state index in [0.29, 0.717) is 18.0 Å². The van der Waals surface area contributed by atoms with Crippen molar-refractivity contribution in [3.05, 3.63) is 104 Å². The summed E-state index contributed by atoms with van der Waals surface area (Å²) < 4.78 is 29.1. The number of thioether (sulfide) groups is 2. The fourth-order valence-corrected chi connectivity index (χ4v) is 8.79. The van der Waals surface area contributed by atoms with Crippen molar-refractivity contribution in [2.24, 2.45) is 0 Å². The third-order valence-corrected chi connectivity index (χ3v) is 10.4. The first-order valence-corrected chi connectivity index (χ1v) is 13.2. The van der Waals surface area contributed by atoms with Crippen molar-refractivity contribution in [3.8, 4) is 11.1 Å². The van der Waals surface area contributed by atoms with Crippen LogP contribution in [0.3, 0.4) is 0 Å². The average Bonchev–Trinajstić information content (AvgIpc) is 3.44. The van der Waals surface area contributed by atoms with E-state index in [0.717, 1.165) is 15.4 Å². The molecule has 3 aromatic carbocycles. The highest BCUT2D eigenvalue weighted by atomic mass is 32.2. The van der Waals surface area contributed by atoms with E-state index in [1.807, 2.05) is 19.1 Å². The van der Waals surface area contributed by atoms with Gasteiger partial charge in [-0.15, -0.1) is 0 Å². The van der Waals surface area contributed by atoms with Crippen LogP contribution in [0.5, 0.6) is 0 Å². The fraction of sp³-hybridized carbons (Fsp3) is 0.120. The summed E-state index contributed by atoms with van der Waals surface area (Å²) in [6, 6.07) is 24.2. The van der Waals surface area contributed by atoms with E-state index in [4.69, 9.17) is 0 Å². The Bertz CT molecular complexity index is 1340. The molecule has 0 aromatic heterocycles. The van der Waals surface area contributed by atoms with Gasteiger partial charge in [-0.3, -0.25) is 0 Å². The molecule has 0 saturated heterocycles. The number of sulfonamides is 1. The summed E-state index contributed by atoms with van der Waals surface area (Å²) in [6.07, 6.45) is 0. The van der Waals surface area contributed by atoms with Crippen LogP contribution >= 0.6 is 23.5 Å². The molecule has 0 N–H and O–H groups in total. The molecule has 0 radical (unpaired) electrons. The minimum atomic E-state index is -3.48. The number of rotatable bonds is 2. The number of aryl methyl sites for hydroxylation is 1. The molecule has 6 rings (SSSR count). The van der Waals surface area contributed by atoms with Crippen LogP contribution in [-0.4, -0.2) is 25.8 Å². The summed E-state index contributed by atoms with van der Waals surface area (Å²) in [7, 11) is -3.48. The highest BCUT2D eigenvalue weighted by molar-refractivity contribution is 8.28. The number of benzene rings is 3. The van der Waals surface area contributed by atoms with Gasteiger partial charge in [0, 0.05) is 28.5 Å². The molecule has 0 fully saturated rings. The topological polar surface area (TPSA) is 37.4 Å². The Morgan fingerprint density at radius 1 is 0.710 bits per heavy atom. The molecule has 0 amide bonds. The van der Waals surface area contributed by atoms with Crippen molar-refractivity contribution in [1.82, 2.24) is 4.31 Å². The zero-order valence-corrected chi connectivity index (χ0v) is 19.3. The SMILES string of the molecule is Cc1ccc(S(=O)(=O)N2CC3=C(C2)SC(=C2c4ccccc4-c4ccccc42)S3)cc1. The van der Waals surface area contributed by atoms with E-state index in [2.05, 4.69) is 48.5 Å². The highest BCUT2D eigenvalue weighted by Gasteiger charge is 2.38. The Morgan fingerprint density at radius 3 is 1.71 bits per heavy atom. The van der Waals surface area contributed by atoms with Crippen molar-refractivity contribution < 1.29 is 8.42 Å². The van der Waals surface area contributed by atoms with Gasteiger partial charge >= 0.3 is 0 Å². The van der Waals surface area contributed by atoms with Gasteiger partial charge in [-0.2, -0.15) is 4.31 Å². The monoisotopic (exact) mass is 461 g/mol. The molecular weight excluding hydrogens is 442 g/mol. The van der Waals surface area contributed by atoms with Gasteiger partial charge in [-0.05, 0) is 41.3 Å². The smallest absolute Gasteiger partial charge is 0.207 e. The fourth-order valence-electron chi connectivity index (χ4n) is 4.34. The maximum absolute atomic E-state index is 13.1. The third-order valence-electron chi connectivity index (χ3n) is 5.93. The minimum Gasteiger partial charge on any atom is -0.207 e. The Labute approximate surface area is 190 Å². The van der Waals surface area contributed by atoms with E-state index in [-0.39, 0.29) is 0 Å². The van der Waals surface area contributed by atoms with Crippen LogP contribution in [0.1, 0.15) is 16.7 Å². The molecule has 1 aliphatic carbocycles. The van der Waals surface area contributed by atoms with Gasteiger partial charge in [0.15, 0.2) is 0 Å². The van der Waals surface area contributed by atoms with Gasteiger partial charge in [0.25, 0.3) is 0 Å². The molecule has 2 heterocycles. The summed E-state index contributed by atoms with van der Waals surface area (Å²) in [6.45, 7) is 2.86. The van der Waals surface area contributed by atoms with Crippen LogP contribution in [0.25, 0.3) is 16.7 Å². The van der Waals surface area contributed by atoms with Gasteiger partial charge in [-0.25, -0.2) is 8.42 Å². The van der Waals surface area contributed by atoms with Gasteiger partial charge in [0.05, 0.1) is 9.13 Å². The molecule has 31 heavy (non-hydrogen) atoms. The van der Waals surface area contributed by atoms with Crippen LogP contribution in [0.2, 0.25) is 0 Å².